The molecule has 2 aromatic heterocycles. The maximum absolute atomic E-state index is 12.5. The van der Waals surface area contributed by atoms with E-state index >= 15 is 0 Å². The first-order chi connectivity index (χ1) is 13.2. The van der Waals surface area contributed by atoms with Gasteiger partial charge in [0.1, 0.15) is 12.4 Å². The Kier molecular flexibility index (Phi) is 5.99. The van der Waals surface area contributed by atoms with Crippen molar-refractivity contribution in [2.75, 3.05) is 11.9 Å². The van der Waals surface area contributed by atoms with E-state index in [9.17, 15) is 4.79 Å². The average Bonchev–Trinajstić information content (AvgIpc) is 2.69. The lowest BCUT2D eigenvalue weighted by Gasteiger charge is -2.13. The lowest BCUT2D eigenvalue weighted by Crippen LogP contribution is -2.13. The summed E-state index contributed by atoms with van der Waals surface area (Å²) >= 11 is 0. The molecular weight excluding hydrogens is 342 g/mol. The van der Waals surface area contributed by atoms with E-state index in [1.165, 1.54) is 0 Å². The Balaban J connectivity index is 1.73. The van der Waals surface area contributed by atoms with Crippen LogP contribution in [-0.2, 0) is 6.61 Å². The molecular formula is C21H21N3O3. The molecule has 2 heterocycles. The Morgan fingerprint density at radius 2 is 1.96 bits per heavy atom. The first-order valence-corrected chi connectivity index (χ1v) is 8.68. The highest BCUT2D eigenvalue weighted by Gasteiger charge is 2.12. The minimum atomic E-state index is -0.258. The predicted molar refractivity (Wildman–Crippen MR) is 103 cm³/mol. The summed E-state index contributed by atoms with van der Waals surface area (Å²) in [6.45, 7) is 4.66. The van der Waals surface area contributed by atoms with Gasteiger partial charge in [0.05, 0.1) is 6.61 Å². The number of aryl methyl sites for hydroxylation is 1. The number of aromatic nitrogens is 2. The van der Waals surface area contributed by atoms with E-state index in [0.717, 1.165) is 11.1 Å². The molecule has 0 fully saturated rings. The summed E-state index contributed by atoms with van der Waals surface area (Å²) in [6.07, 6.45) is 5.17. The summed E-state index contributed by atoms with van der Waals surface area (Å²) in [5, 5.41) is 2.78. The molecule has 0 atom stereocenters. The highest BCUT2D eigenvalue weighted by atomic mass is 16.5. The van der Waals surface area contributed by atoms with Crippen molar-refractivity contribution in [2.45, 2.75) is 20.5 Å². The van der Waals surface area contributed by atoms with Gasteiger partial charge in [-0.1, -0.05) is 12.1 Å². The number of rotatable bonds is 7. The summed E-state index contributed by atoms with van der Waals surface area (Å²) in [5.41, 5.74) is 2.45. The predicted octanol–water partition coefficient (Wildman–Crippen LogP) is 4.02. The van der Waals surface area contributed by atoms with Crippen LogP contribution in [0.3, 0.4) is 0 Å². The number of nitrogens with one attached hydrogen (secondary N) is 1. The van der Waals surface area contributed by atoms with Gasteiger partial charge in [-0.05, 0) is 49.7 Å². The molecule has 1 N–H and O–H groups in total. The highest BCUT2D eigenvalue weighted by molar-refractivity contribution is 6.04. The molecule has 1 amide bonds. The van der Waals surface area contributed by atoms with Crippen LogP contribution >= 0.6 is 0 Å². The second-order valence-electron chi connectivity index (χ2n) is 5.92. The number of ether oxygens (including phenoxy) is 2. The molecule has 0 radical (unpaired) electrons. The lowest BCUT2D eigenvalue weighted by molar-refractivity contribution is 0.102. The minimum absolute atomic E-state index is 0.258. The molecule has 0 aliphatic carbocycles. The molecule has 3 rings (SSSR count). The SMILES string of the molecule is CCOc1cc(C(=O)Nc2ccc(C)cn2)ccc1OCc1cccnc1. The van der Waals surface area contributed by atoms with Gasteiger partial charge in [0.15, 0.2) is 11.5 Å². The van der Waals surface area contributed by atoms with Gasteiger partial charge in [0, 0.05) is 29.7 Å². The van der Waals surface area contributed by atoms with Gasteiger partial charge in [-0.3, -0.25) is 9.78 Å². The van der Waals surface area contributed by atoms with Crippen LogP contribution in [0.15, 0.2) is 61.1 Å². The summed E-state index contributed by atoms with van der Waals surface area (Å²) in [5.74, 6) is 1.34. The Labute approximate surface area is 158 Å². The van der Waals surface area contributed by atoms with E-state index in [0.29, 0.717) is 36.1 Å². The fourth-order valence-electron chi connectivity index (χ4n) is 2.41. The molecule has 0 spiro atoms. The first kappa shape index (κ1) is 18.4. The van der Waals surface area contributed by atoms with Gasteiger partial charge in [-0.25, -0.2) is 4.98 Å². The van der Waals surface area contributed by atoms with Crippen molar-refractivity contribution in [1.82, 2.24) is 9.97 Å². The fourth-order valence-corrected chi connectivity index (χ4v) is 2.41. The third-order valence-electron chi connectivity index (χ3n) is 3.78. The summed E-state index contributed by atoms with van der Waals surface area (Å²) < 4.78 is 11.5. The van der Waals surface area contributed by atoms with Crippen LogP contribution in [0.4, 0.5) is 5.82 Å². The molecule has 0 unspecified atom stereocenters. The van der Waals surface area contributed by atoms with Crippen LogP contribution in [0, 0.1) is 6.92 Å². The fraction of sp³-hybridized carbons (Fsp3) is 0.190. The van der Waals surface area contributed by atoms with E-state index in [1.807, 2.05) is 32.0 Å². The number of nitrogens with zero attached hydrogens (tertiary/aromatic N) is 2. The largest absolute Gasteiger partial charge is 0.490 e. The van der Waals surface area contributed by atoms with Gasteiger partial charge in [0.2, 0.25) is 0 Å². The molecule has 0 aliphatic heterocycles. The van der Waals surface area contributed by atoms with E-state index in [1.54, 1.807) is 42.9 Å². The Hall–Kier alpha value is -3.41. The third kappa shape index (κ3) is 5.04. The standard InChI is InChI=1S/C21H21N3O3/c1-3-26-19-11-17(21(25)24-20-9-6-15(2)12-23-20)7-8-18(19)27-14-16-5-4-10-22-13-16/h4-13H,3,14H2,1-2H3,(H,23,24,25). The minimum Gasteiger partial charge on any atom is -0.490 e. The maximum atomic E-state index is 12.5. The molecule has 0 aliphatic rings. The molecule has 6 nitrogen and oxygen atoms in total. The van der Waals surface area contributed by atoms with Crippen LogP contribution in [0.5, 0.6) is 11.5 Å². The maximum Gasteiger partial charge on any atom is 0.256 e. The zero-order valence-electron chi connectivity index (χ0n) is 15.3. The molecule has 0 saturated heterocycles. The highest BCUT2D eigenvalue weighted by Crippen LogP contribution is 2.29. The van der Waals surface area contributed by atoms with Gasteiger partial charge in [-0.2, -0.15) is 0 Å². The first-order valence-electron chi connectivity index (χ1n) is 8.68. The molecule has 27 heavy (non-hydrogen) atoms. The van der Waals surface area contributed by atoms with Gasteiger partial charge in [0.25, 0.3) is 5.91 Å². The second-order valence-corrected chi connectivity index (χ2v) is 5.92. The summed E-state index contributed by atoms with van der Waals surface area (Å²) in [4.78, 5) is 20.7. The zero-order chi connectivity index (χ0) is 19.1. The number of hydrogen-bond acceptors (Lipinski definition) is 5. The average molecular weight is 363 g/mol. The number of hydrogen-bond donors (Lipinski definition) is 1. The monoisotopic (exact) mass is 363 g/mol. The van der Waals surface area contributed by atoms with Crippen molar-refractivity contribution in [2.24, 2.45) is 0 Å². The smallest absolute Gasteiger partial charge is 0.256 e. The van der Waals surface area contributed by atoms with E-state index in [-0.39, 0.29) is 5.91 Å². The van der Waals surface area contributed by atoms with Crippen molar-refractivity contribution in [3.8, 4) is 11.5 Å². The van der Waals surface area contributed by atoms with Crippen LogP contribution < -0.4 is 14.8 Å². The number of carbonyl (C=O) groups is 1. The summed E-state index contributed by atoms with van der Waals surface area (Å²) in [6, 6.07) is 12.6. The van der Waals surface area contributed by atoms with Crippen molar-refractivity contribution in [1.29, 1.82) is 0 Å². The number of anilines is 1. The van der Waals surface area contributed by atoms with E-state index in [2.05, 4.69) is 15.3 Å². The van der Waals surface area contributed by atoms with Crippen LogP contribution in [-0.4, -0.2) is 22.5 Å². The van der Waals surface area contributed by atoms with Gasteiger partial charge in [-0.15, -0.1) is 0 Å². The van der Waals surface area contributed by atoms with Crippen molar-refractivity contribution >= 4 is 11.7 Å². The normalized spacial score (nSPS) is 10.3. The summed E-state index contributed by atoms with van der Waals surface area (Å²) in [7, 11) is 0. The van der Waals surface area contributed by atoms with Crippen LogP contribution in [0.2, 0.25) is 0 Å². The quantitative estimate of drug-likeness (QED) is 0.686. The number of benzene rings is 1. The lowest BCUT2D eigenvalue weighted by atomic mass is 10.2. The Morgan fingerprint density at radius 3 is 2.67 bits per heavy atom. The molecule has 3 aromatic rings. The Morgan fingerprint density at radius 1 is 1.07 bits per heavy atom. The molecule has 138 valence electrons. The van der Waals surface area contributed by atoms with E-state index < -0.39 is 0 Å². The molecule has 6 heteroatoms. The van der Waals surface area contributed by atoms with Crippen molar-refractivity contribution < 1.29 is 14.3 Å². The number of carbonyl (C=O) groups excluding carboxylic acids is 1. The van der Waals surface area contributed by atoms with Gasteiger partial charge >= 0.3 is 0 Å². The van der Waals surface area contributed by atoms with Crippen LogP contribution in [0.25, 0.3) is 0 Å². The van der Waals surface area contributed by atoms with E-state index in [4.69, 9.17) is 9.47 Å². The third-order valence-corrected chi connectivity index (χ3v) is 3.78. The molecule has 0 saturated carbocycles. The van der Waals surface area contributed by atoms with Crippen molar-refractivity contribution in [3.05, 3.63) is 77.7 Å². The van der Waals surface area contributed by atoms with Crippen molar-refractivity contribution in [3.63, 3.8) is 0 Å². The number of amides is 1. The zero-order valence-corrected chi connectivity index (χ0v) is 15.3. The Bertz CT molecular complexity index is 896. The van der Waals surface area contributed by atoms with Gasteiger partial charge < -0.3 is 14.8 Å². The topological polar surface area (TPSA) is 73.3 Å². The number of pyridine rings is 2. The molecule has 0 bridgehead atoms. The van der Waals surface area contributed by atoms with Crippen LogP contribution in [0.1, 0.15) is 28.4 Å². The molecule has 1 aromatic carbocycles. The second kappa shape index (κ2) is 8.80.